The predicted molar refractivity (Wildman–Crippen MR) is 94.0 cm³/mol. The van der Waals surface area contributed by atoms with E-state index in [1.54, 1.807) is 0 Å². The molecule has 0 amide bonds. The van der Waals surface area contributed by atoms with Crippen LogP contribution in [0.2, 0.25) is 0 Å². The first-order chi connectivity index (χ1) is 10.6. The van der Waals surface area contributed by atoms with Crippen LogP contribution in [0.15, 0.2) is 0 Å². The molecule has 23 heavy (non-hydrogen) atoms. The minimum Gasteiger partial charge on any atom is -0.462 e. The van der Waals surface area contributed by atoms with E-state index in [1.807, 2.05) is 0 Å². The maximum atomic E-state index is 13.1. The first kappa shape index (κ1) is 17.3. The molecule has 3 saturated carbocycles. The molecule has 2 nitrogen and oxygen atoms in total. The smallest absolute Gasteiger partial charge is 0.312 e. The second kappa shape index (κ2) is 5.49. The topological polar surface area (TPSA) is 26.3 Å². The van der Waals surface area contributed by atoms with E-state index < -0.39 is 0 Å². The second-order valence-electron chi connectivity index (χ2n) is 10.6. The number of rotatable bonds is 4. The summed E-state index contributed by atoms with van der Waals surface area (Å²) in [5.41, 5.74) is 0.449. The summed E-state index contributed by atoms with van der Waals surface area (Å²) in [4.78, 5) is 13.1. The maximum absolute atomic E-state index is 13.1. The van der Waals surface area contributed by atoms with Gasteiger partial charge in [-0.1, -0.05) is 41.0 Å². The van der Waals surface area contributed by atoms with E-state index >= 15 is 0 Å². The minimum atomic E-state index is -0.370. The number of esters is 1. The largest absolute Gasteiger partial charge is 0.462 e. The zero-order chi connectivity index (χ0) is 17.0. The van der Waals surface area contributed by atoms with Crippen molar-refractivity contribution in [1.82, 2.24) is 0 Å². The summed E-state index contributed by atoms with van der Waals surface area (Å²) in [7, 11) is 0. The molecule has 0 saturated heterocycles. The van der Waals surface area contributed by atoms with Crippen LogP contribution in [0.1, 0.15) is 86.5 Å². The molecule has 1 spiro atoms. The van der Waals surface area contributed by atoms with Gasteiger partial charge in [-0.25, -0.2) is 0 Å². The van der Waals surface area contributed by atoms with Crippen molar-refractivity contribution in [1.29, 1.82) is 0 Å². The number of fused-ring (bicyclic) bond motifs is 1. The van der Waals surface area contributed by atoms with E-state index in [2.05, 4.69) is 41.5 Å². The highest BCUT2D eigenvalue weighted by molar-refractivity contribution is 5.77. The zero-order valence-corrected chi connectivity index (χ0v) is 16.1. The summed E-state index contributed by atoms with van der Waals surface area (Å²) in [6, 6.07) is 0. The summed E-state index contributed by atoms with van der Waals surface area (Å²) >= 11 is 0. The lowest BCUT2D eigenvalue weighted by Gasteiger charge is -2.42. The van der Waals surface area contributed by atoms with Crippen molar-refractivity contribution < 1.29 is 9.53 Å². The fraction of sp³-hybridized carbons (Fsp3) is 0.952. The lowest BCUT2D eigenvalue weighted by atomic mass is 9.68. The van der Waals surface area contributed by atoms with Crippen LogP contribution in [-0.2, 0) is 9.53 Å². The monoisotopic (exact) mass is 320 g/mol. The van der Waals surface area contributed by atoms with Crippen molar-refractivity contribution in [2.45, 2.75) is 92.6 Å². The Bertz CT molecular complexity index is 475. The molecule has 132 valence electrons. The number of carbonyl (C=O) groups is 1. The average Bonchev–Trinajstić information content (AvgIpc) is 3.07. The fourth-order valence-corrected chi connectivity index (χ4v) is 5.58. The van der Waals surface area contributed by atoms with Gasteiger partial charge in [0.1, 0.15) is 6.10 Å². The number of hydrogen-bond acceptors (Lipinski definition) is 2. The highest BCUT2D eigenvalue weighted by Crippen LogP contribution is 2.68. The van der Waals surface area contributed by atoms with Crippen molar-refractivity contribution in [3.63, 3.8) is 0 Å². The summed E-state index contributed by atoms with van der Waals surface area (Å²) in [5.74, 6) is 1.86. The van der Waals surface area contributed by atoms with E-state index in [1.165, 1.54) is 32.1 Å². The molecule has 3 aliphatic carbocycles. The van der Waals surface area contributed by atoms with Gasteiger partial charge in [-0.15, -0.1) is 0 Å². The predicted octanol–water partition coefficient (Wildman–Crippen LogP) is 5.60. The van der Waals surface area contributed by atoms with E-state index in [0.29, 0.717) is 17.3 Å². The fourth-order valence-electron chi connectivity index (χ4n) is 5.58. The lowest BCUT2D eigenvalue weighted by molar-refractivity contribution is -0.172. The molecule has 3 fully saturated rings. The van der Waals surface area contributed by atoms with Crippen molar-refractivity contribution >= 4 is 5.97 Å². The van der Waals surface area contributed by atoms with Crippen LogP contribution in [-0.4, -0.2) is 12.1 Å². The van der Waals surface area contributed by atoms with E-state index in [9.17, 15) is 4.79 Å². The van der Waals surface area contributed by atoms with Gasteiger partial charge in [0.05, 0.1) is 5.41 Å². The van der Waals surface area contributed by atoms with Crippen LogP contribution in [0, 0.1) is 34.0 Å². The van der Waals surface area contributed by atoms with Gasteiger partial charge in [0.2, 0.25) is 0 Å². The second-order valence-corrected chi connectivity index (χ2v) is 10.6. The Morgan fingerprint density at radius 1 is 1.22 bits per heavy atom. The van der Waals surface area contributed by atoms with E-state index in [4.69, 9.17) is 4.74 Å². The maximum Gasteiger partial charge on any atom is 0.312 e. The SMILES string of the molecule is CC(C)C(C)(CC(C)(C)C)C(=O)OC1CC2CC23CCCC1C3. The summed E-state index contributed by atoms with van der Waals surface area (Å²) in [5, 5.41) is 0. The van der Waals surface area contributed by atoms with Gasteiger partial charge < -0.3 is 4.74 Å². The van der Waals surface area contributed by atoms with Crippen molar-refractivity contribution in [3.05, 3.63) is 0 Å². The third-order valence-electron chi connectivity index (χ3n) is 7.22. The third kappa shape index (κ3) is 3.20. The molecule has 0 aromatic rings. The Hall–Kier alpha value is -0.530. The van der Waals surface area contributed by atoms with Crippen LogP contribution in [0.3, 0.4) is 0 Å². The summed E-state index contributed by atoms with van der Waals surface area (Å²) in [6.45, 7) is 13.1. The van der Waals surface area contributed by atoms with Crippen LogP contribution in [0.25, 0.3) is 0 Å². The third-order valence-corrected chi connectivity index (χ3v) is 7.22. The Kier molecular flexibility index (Phi) is 4.13. The standard InChI is InChI=1S/C21H36O2/c1-14(2)20(6,13-19(3,4)5)18(22)23-17-10-16-12-21(16)9-7-8-15(17)11-21/h14-17H,7-13H2,1-6H3. The Balaban J connectivity index is 1.69. The molecule has 3 rings (SSSR count). The van der Waals surface area contributed by atoms with Crippen molar-refractivity contribution in [3.8, 4) is 0 Å². The van der Waals surface area contributed by atoms with Gasteiger partial charge in [0, 0.05) is 0 Å². The lowest BCUT2D eigenvalue weighted by Crippen LogP contribution is -2.43. The molecule has 5 unspecified atom stereocenters. The molecule has 3 aliphatic rings. The summed E-state index contributed by atoms with van der Waals surface area (Å²) < 4.78 is 6.20. The highest BCUT2D eigenvalue weighted by Gasteiger charge is 2.61. The molecule has 0 aromatic carbocycles. The number of ether oxygens (including phenoxy) is 1. The molecule has 2 bridgehead atoms. The van der Waals surface area contributed by atoms with Crippen LogP contribution >= 0.6 is 0 Å². The number of carbonyl (C=O) groups excluding carboxylic acids is 1. The molecular formula is C21H36O2. The minimum absolute atomic E-state index is 0.0612. The molecule has 0 N–H and O–H groups in total. The van der Waals surface area contributed by atoms with E-state index in [-0.39, 0.29) is 22.9 Å². The van der Waals surface area contributed by atoms with Gasteiger partial charge in [0.25, 0.3) is 0 Å². The number of hydrogen-bond donors (Lipinski definition) is 0. The first-order valence-corrected chi connectivity index (χ1v) is 9.77. The normalized spacial score (nSPS) is 38.7. The molecule has 0 aliphatic heterocycles. The molecular weight excluding hydrogens is 284 g/mol. The Morgan fingerprint density at radius 3 is 2.52 bits per heavy atom. The quantitative estimate of drug-likeness (QED) is 0.630. The van der Waals surface area contributed by atoms with Crippen LogP contribution in [0.5, 0.6) is 0 Å². The average molecular weight is 321 g/mol. The molecule has 2 heteroatoms. The van der Waals surface area contributed by atoms with E-state index in [0.717, 1.165) is 18.8 Å². The summed E-state index contributed by atoms with van der Waals surface area (Å²) in [6.07, 6.45) is 9.00. The van der Waals surface area contributed by atoms with Crippen LogP contribution in [0.4, 0.5) is 0 Å². The Labute approximate surface area is 142 Å². The molecule has 0 heterocycles. The van der Waals surface area contributed by atoms with Gasteiger partial charge in [-0.2, -0.15) is 0 Å². The van der Waals surface area contributed by atoms with Crippen molar-refractivity contribution in [2.24, 2.45) is 34.0 Å². The molecule has 0 radical (unpaired) electrons. The molecule has 5 atom stereocenters. The molecule has 0 aromatic heterocycles. The van der Waals surface area contributed by atoms with Gasteiger partial charge in [-0.3, -0.25) is 4.79 Å². The highest BCUT2D eigenvalue weighted by atomic mass is 16.5. The van der Waals surface area contributed by atoms with Gasteiger partial charge in [0.15, 0.2) is 0 Å². The van der Waals surface area contributed by atoms with Gasteiger partial charge in [-0.05, 0) is 74.0 Å². The van der Waals surface area contributed by atoms with Gasteiger partial charge >= 0.3 is 5.97 Å². The Morgan fingerprint density at radius 2 is 1.91 bits per heavy atom. The zero-order valence-electron chi connectivity index (χ0n) is 16.1. The van der Waals surface area contributed by atoms with Crippen molar-refractivity contribution in [2.75, 3.05) is 0 Å². The van der Waals surface area contributed by atoms with Crippen LogP contribution < -0.4 is 0 Å². The first-order valence-electron chi connectivity index (χ1n) is 9.77.